The third-order valence-electron chi connectivity index (χ3n) is 10.5. The molecule has 0 bridgehead atoms. The molecule has 3 aliphatic heterocycles. The van der Waals surface area contributed by atoms with Gasteiger partial charge in [0, 0.05) is 57.8 Å². The van der Waals surface area contributed by atoms with Crippen LogP contribution in [0.15, 0.2) is 42.6 Å². The Bertz CT molecular complexity index is 1450. The summed E-state index contributed by atoms with van der Waals surface area (Å²) < 4.78 is 17.8. The Morgan fingerprint density at radius 2 is 1.95 bits per heavy atom. The first-order chi connectivity index (χ1) is 20.4. The third-order valence-corrected chi connectivity index (χ3v) is 10.5. The van der Waals surface area contributed by atoms with Gasteiger partial charge < -0.3 is 19.1 Å². The van der Waals surface area contributed by atoms with E-state index >= 15 is 0 Å². The smallest absolute Gasteiger partial charge is 0.226 e. The van der Waals surface area contributed by atoms with Crippen LogP contribution in [0.1, 0.15) is 54.0 Å². The lowest BCUT2D eigenvalue weighted by Gasteiger charge is -2.38. The first-order valence-electron chi connectivity index (χ1n) is 15.7. The summed E-state index contributed by atoms with van der Waals surface area (Å²) in [6.45, 7) is 13.0. The standard InChI is InChI=1S/C35H44N4O3/c1-23-6-5-7-29(31-8-12-36-34(37-31)39-19-27-18-35(27,3)32(39)22-40-4)33(23)42-21-25-16-24(2)30-20-38(13-9-26(30)17-25)28-10-14-41-15-11-28/h5-8,12,16-17,27-28,32H,9-11,13-15,18-22H2,1-4H3/t27?,32-,35+/m1/s1. The molecule has 4 aliphatic rings. The summed E-state index contributed by atoms with van der Waals surface area (Å²) in [5, 5.41) is 0. The summed E-state index contributed by atoms with van der Waals surface area (Å²) >= 11 is 0. The Hall–Kier alpha value is -3.00. The van der Waals surface area contributed by atoms with Gasteiger partial charge in [-0.3, -0.25) is 4.90 Å². The van der Waals surface area contributed by atoms with Gasteiger partial charge in [0.25, 0.3) is 0 Å². The Kier molecular flexibility index (Phi) is 7.45. The predicted octanol–water partition coefficient (Wildman–Crippen LogP) is 5.74. The number of piperidine rings is 1. The van der Waals surface area contributed by atoms with Crippen LogP contribution in [0.25, 0.3) is 11.3 Å². The molecule has 3 aromatic rings. The average Bonchev–Trinajstić information content (AvgIpc) is 3.59. The average molecular weight is 569 g/mol. The highest BCUT2D eigenvalue weighted by atomic mass is 16.5. The lowest BCUT2D eigenvalue weighted by atomic mass is 9.91. The zero-order valence-electron chi connectivity index (χ0n) is 25.6. The number of anilines is 1. The highest BCUT2D eigenvalue weighted by Crippen LogP contribution is 2.61. The van der Waals surface area contributed by atoms with Crippen molar-refractivity contribution in [3.8, 4) is 17.0 Å². The number of benzene rings is 2. The van der Waals surface area contributed by atoms with E-state index in [9.17, 15) is 0 Å². The second kappa shape index (κ2) is 11.3. The first kappa shape index (κ1) is 27.8. The number of fused-ring (bicyclic) bond motifs is 2. The van der Waals surface area contributed by atoms with Gasteiger partial charge in [-0.05, 0) is 90.8 Å². The first-order valence-corrected chi connectivity index (χ1v) is 15.7. The van der Waals surface area contributed by atoms with E-state index in [1.807, 2.05) is 12.3 Å². The Balaban J connectivity index is 1.10. The van der Waals surface area contributed by atoms with Crippen LogP contribution in [0.4, 0.5) is 5.95 Å². The lowest BCUT2D eigenvalue weighted by Crippen LogP contribution is -2.42. The minimum absolute atomic E-state index is 0.309. The van der Waals surface area contributed by atoms with Crippen molar-refractivity contribution in [3.63, 3.8) is 0 Å². The number of rotatable bonds is 8. The van der Waals surface area contributed by atoms with Crippen molar-refractivity contribution in [2.24, 2.45) is 11.3 Å². The van der Waals surface area contributed by atoms with Crippen LogP contribution in [0, 0.1) is 25.2 Å². The summed E-state index contributed by atoms with van der Waals surface area (Å²) in [7, 11) is 1.79. The summed E-state index contributed by atoms with van der Waals surface area (Å²) in [4.78, 5) is 14.8. The van der Waals surface area contributed by atoms with Crippen molar-refractivity contribution in [3.05, 3.63) is 70.4 Å². The Labute approximate surface area is 250 Å². The van der Waals surface area contributed by atoms with Gasteiger partial charge in [0.05, 0.1) is 18.3 Å². The molecule has 42 heavy (non-hydrogen) atoms. The fraction of sp³-hybridized carbons (Fsp3) is 0.543. The number of ether oxygens (including phenoxy) is 3. The van der Waals surface area contributed by atoms with Crippen LogP contribution in [0.3, 0.4) is 0 Å². The molecule has 1 aliphatic carbocycles. The molecule has 0 radical (unpaired) electrons. The van der Waals surface area contributed by atoms with Crippen molar-refractivity contribution >= 4 is 5.95 Å². The zero-order valence-corrected chi connectivity index (χ0v) is 25.6. The zero-order chi connectivity index (χ0) is 28.8. The molecule has 0 amide bonds. The fourth-order valence-electron chi connectivity index (χ4n) is 7.78. The van der Waals surface area contributed by atoms with Crippen molar-refractivity contribution in [2.75, 3.05) is 44.9 Å². The number of aryl methyl sites for hydroxylation is 2. The monoisotopic (exact) mass is 568 g/mol. The SMILES string of the molecule is COC[C@H]1N(c2nccc(-c3cccc(C)c3OCc3cc(C)c4c(c3)CCN(C3CCOCC3)C4)n2)CC2C[C@@]21C. The molecule has 0 spiro atoms. The molecule has 2 aromatic carbocycles. The molecule has 2 saturated heterocycles. The molecule has 0 N–H and O–H groups in total. The normalized spacial score (nSPS) is 25.8. The van der Waals surface area contributed by atoms with Crippen molar-refractivity contribution in [1.29, 1.82) is 0 Å². The number of hydrogen-bond acceptors (Lipinski definition) is 7. The van der Waals surface area contributed by atoms with Gasteiger partial charge in [0.1, 0.15) is 12.4 Å². The maximum Gasteiger partial charge on any atom is 0.226 e. The van der Waals surface area contributed by atoms with E-state index in [0.717, 1.165) is 80.6 Å². The van der Waals surface area contributed by atoms with Crippen molar-refractivity contribution in [1.82, 2.24) is 14.9 Å². The van der Waals surface area contributed by atoms with Gasteiger partial charge >= 0.3 is 0 Å². The van der Waals surface area contributed by atoms with E-state index in [2.05, 4.69) is 60.9 Å². The Morgan fingerprint density at radius 3 is 2.79 bits per heavy atom. The van der Waals surface area contributed by atoms with Gasteiger partial charge in [-0.1, -0.05) is 31.2 Å². The van der Waals surface area contributed by atoms with E-state index in [1.54, 1.807) is 7.11 Å². The maximum absolute atomic E-state index is 6.62. The summed E-state index contributed by atoms with van der Waals surface area (Å²) in [6.07, 6.45) is 6.55. The summed E-state index contributed by atoms with van der Waals surface area (Å²) in [6, 6.07) is 14.0. The summed E-state index contributed by atoms with van der Waals surface area (Å²) in [5.41, 5.74) is 8.92. The van der Waals surface area contributed by atoms with Crippen LogP contribution < -0.4 is 9.64 Å². The topological polar surface area (TPSA) is 60.0 Å². The molecule has 7 rings (SSSR count). The minimum atomic E-state index is 0.309. The van der Waals surface area contributed by atoms with Gasteiger partial charge in [0.2, 0.25) is 5.95 Å². The van der Waals surface area contributed by atoms with Crippen molar-refractivity contribution < 1.29 is 14.2 Å². The number of para-hydroxylation sites is 1. The van der Waals surface area contributed by atoms with Crippen LogP contribution in [-0.4, -0.2) is 67.0 Å². The molecule has 1 aromatic heterocycles. The van der Waals surface area contributed by atoms with E-state index in [-0.39, 0.29) is 0 Å². The van der Waals surface area contributed by atoms with Crippen molar-refractivity contribution in [2.45, 2.75) is 71.7 Å². The molecule has 3 fully saturated rings. The highest BCUT2D eigenvalue weighted by molar-refractivity contribution is 5.70. The fourth-order valence-corrected chi connectivity index (χ4v) is 7.78. The molecule has 4 heterocycles. The van der Waals surface area contributed by atoms with Gasteiger partial charge in [-0.2, -0.15) is 0 Å². The number of hydrogen-bond donors (Lipinski definition) is 0. The molecule has 3 atom stereocenters. The molecule has 1 unspecified atom stereocenters. The van der Waals surface area contributed by atoms with E-state index in [0.29, 0.717) is 36.6 Å². The van der Waals surface area contributed by atoms with E-state index < -0.39 is 0 Å². The largest absolute Gasteiger partial charge is 0.488 e. The quantitative estimate of drug-likeness (QED) is 0.344. The Morgan fingerprint density at radius 1 is 1.10 bits per heavy atom. The van der Waals surface area contributed by atoms with Crippen LogP contribution in [0.2, 0.25) is 0 Å². The van der Waals surface area contributed by atoms with Gasteiger partial charge in [-0.25, -0.2) is 9.97 Å². The number of nitrogens with zero attached hydrogens (tertiary/aromatic N) is 4. The summed E-state index contributed by atoms with van der Waals surface area (Å²) in [5.74, 6) is 2.39. The van der Waals surface area contributed by atoms with Crippen LogP contribution in [0.5, 0.6) is 5.75 Å². The molecule has 222 valence electrons. The van der Waals surface area contributed by atoms with E-state index in [4.69, 9.17) is 24.2 Å². The molecule has 1 saturated carbocycles. The molecular formula is C35H44N4O3. The maximum atomic E-state index is 6.62. The number of methoxy groups -OCH3 is 1. The van der Waals surface area contributed by atoms with Crippen LogP contribution in [-0.2, 0) is 29.0 Å². The molecule has 7 heteroatoms. The minimum Gasteiger partial charge on any atom is -0.488 e. The van der Waals surface area contributed by atoms with Gasteiger partial charge in [-0.15, -0.1) is 0 Å². The van der Waals surface area contributed by atoms with E-state index in [1.165, 1.54) is 28.7 Å². The lowest BCUT2D eigenvalue weighted by molar-refractivity contribution is 0.0289. The molecular weight excluding hydrogens is 524 g/mol. The third kappa shape index (κ3) is 5.10. The predicted molar refractivity (Wildman–Crippen MR) is 165 cm³/mol. The number of aromatic nitrogens is 2. The second-order valence-electron chi connectivity index (χ2n) is 13.1. The highest BCUT2D eigenvalue weighted by Gasteiger charge is 2.63. The molecule has 7 nitrogen and oxygen atoms in total. The van der Waals surface area contributed by atoms with Gasteiger partial charge in [0.15, 0.2) is 0 Å². The second-order valence-corrected chi connectivity index (χ2v) is 13.1. The van der Waals surface area contributed by atoms with Crippen LogP contribution >= 0.6 is 0 Å².